The number of halogens is 2. The van der Waals surface area contributed by atoms with Gasteiger partial charge in [0.05, 0.1) is 17.8 Å². The molecule has 2 aromatic carbocycles. The van der Waals surface area contributed by atoms with Crippen LogP contribution in [0.4, 0.5) is 15.8 Å². The Hall–Kier alpha value is -2.07. The number of nitrogens with two attached hydrogens (primary N) is 1. The van der Waals surface area contributed by atoms with E-state index >= 15 is 0 Å². The Morgan fingerprint density at radius 1 is 1.21 bits per heavy atom. The van der Waals surface area contributed by atoms with Crippen molar-refractivity contribution >= 4 is 28.9 Å². The predicted octanol–water partition coefficient (Wildman–Crippen LogP) is 3.24. The average Bonchev–Trinajstić information content (AvgIpc) is 2.37. The molecule has 19 heavy (non-hydrogen) atoms. The van der Waals surface area contributed by atoms with Gasteiger partial charge in [-0.15, -0.1) is 0 Å². The molecule has 0 saturated carbocycles. The van der Waals surface area contributed by atoms with Crippen molar-refractivity contribution < 1.29 is 9.18 Å². The molecule has 0 spiro atoms. The van der Waals surface area contributed by atoms with E-state index in [9.17, 15) is 9.18 Å². The van der Waals surface area contributed by atoms with Crippen molar-refractivity contribution in [3.05, 3.63) is 58.9 Å². The molecule has 0 aliphatic heterocycles. The number of benzene rings is 2. The fourth-order valence-electron chi connectivity index (χ4n) is 1.62. The number of hydrogen-bond acceptors (Lipinski definition) is 2. The molecular weight excluding hydrogens is 267 g/mol. The van der Waals surface area contributed by atoms with Crippen LogP contribution in [-0.2, 0) is 11.2 Å². The van der Waals surface area contributed by atoms with Gasteiger partial charge in [0.25, 0.3) is 0 Å². The van der Waals surface area contributed by atoms with Crippen molar-refractivity contribution in [1.82, 2.24) is 0 Å². The van der Waals surface area contributed by atoms with Gasteiger partial charge < -0.3 is 11.1 Å². The Morgan fingerprint density at radius 3 is 2.58 bits per heavy atom. The van der Waals surface area contributed by atoms with Gasteiger partial charge in [0.1, 0.15) is 5.82 Å². The van der Waals surface area contributed by atoms with Crippen molar-refractivity contribution in [3.63, 3.8) is 0 Å². The van der Waals surface area contributed by atoms with Crippen molar-refractivity contribution in [2.75, 3.05) is 11.1 Å². The number of hydrogen-bond donors (Lipinski definition) is 2. The van der Waals surface area contributed by atoms with Gasteiger partial charge >= 0.3 is 0 Å². The van der Waals surface area contributed by atoms with Gasteiger partial charge in [0.2, 0.25) is 5.91 Å². The first-order chi connectivity index (χ1) is 9.04. The van der Waals surface area contributed by atoms with Gasteiger partial charge in [0, 0.05) is 5.02 Å². The summed E-state index contributed by atoms with van der Waals surface area (Å²) in [7, 11) is 0. The summed E-state index contributed by atoms with van der Waals surface area (Å²) in [6.45, 7) is 0. The minimum absolute atomic E-state index is 0.145. The van der Waals surface area contributed by atoms with Crippen LogP contribution in [-0.4, -0.2) is 5.91 Å². The van der Waals surface area contributed by atoms with Crippen LogP contribution in [0, 0.1) is 5.82 Å². The highest BCUT2D eigenvalue weighted by Crippen LogP contribution is 2.23. The smallest absolute Gasteiger partial charge is 0.228 e. The lowest BCUT2D eigenvalue weighted by atomic mass is 10.1. The SMILES string of the molecule is Nc1ccc(Cl)cc1NC(=O)Cc1ccc(F)cc1. The molecule has 3 N–H and O–H groups in total. The summed E-state index contributed by atoms with van der Waals surface area (Å²) in [5, 5.41) is 3.16. The number of amides is 1. The van der Waals surface area contributed by atoms with E-state index in [-0.39, 0.29) is 18.1 Å². The molecule has 3 nitrogen and oxygen atoms in total. The molecule has 0 atom stereocenters. The maximum absolute atomic E-state index is 12.7. The maximum Gasteiger partial charge on any atom is 0.228 e. The minimum Gasteiger partial charge on any atom is -0.397 e. The number of rotatable bonds is 3. The number of nitrogens with one attached hydrogen (secondary N) is 1. The minimum atomic E-state index is -0.330. The number of carbonyl (C=O) groups excluding carboxylic acids is 1. The molecule has 0 radical (unpaired) electrons. The molecule has 2 aromatic rings. The van der Waals surface area contributed by atoms with Crippen LogP contribution in [0.5, 0.6) is 0 Å². The molecule has 0 saturated heterocycles. The highest BCUT2D eigenvalue weighted by atomic mass is 35.5. The Balaban J connectivity index is 2.05. The van der Waals surface area contributed by atoms with E-state index in [1.165, 1.54) is 12.1 Å². The third-order valence-corrected chi connectivity index (χ3v) is 2.80. The monoisotopic (exact) mass is 278 g/mol. The normalized spacial score (nSPS) is 10.2. The summed E-state index contributed by atoms with van der Waals surface area (Å²) in [5.41, 5.74) is 7.36. The summed E-state index contributed by atoms with van der Waals surface area (Å²) in [6.07, 6.45) is 0.145. The van der Waals surface area contributed by atoms with Crippen LogP contribution in [0.15, 0.2) is 42.5 Å². The number of carbonyl (C=O) groups is 1. The van der Waals surface area contributed by atoms with Gasteiger partial charge in [-0.05, 0) is 35.9 Å². The maximum atomic E-state index is 12.7. The summed E-state index contributed by atoms with van der Waals surface area (Å²) in [5.74, 6) is -0.566. The molecule has 0 unspecified atom stereocenters. The van der Waals surface area contributed by atoms with Crippen molar-refractivity contribution in [2.45, 2.75) is 6.42 Å². The Labute approximate surface area is 115 Å². The molecule has 5 heteroatoms. The Bertz CT molecular complexity index is 599. The van der Waals surface area contributed by atoms with Crippen LogP contribution in [0.3, 0.4) is 0 Å². The topological polar surface area (TPSA) is 55.1 Å². The highest BCUT2D eigenvalue weighted by molar-refractivity contribution is 6.31. The summed E-state index contributed by atoms with van der Waals surface area (Å²) in [6, 6.07) is 10.6. The standard InChI is InChI=1S/C14H12ClFN2O/c15-10-3-6-12(17)13(8-10)18-14(19)7-9-1-4-11(16)5-2-9/h1-6,8H,7,17H2,(H,18,19). The van der Waals surface area contributed by atoms with Crippen molar-refractivity contribution in [1.29, 1.82) is 0 Å². The molecular formula is C14H12ClFN2O. The van der Waals surface area contributed by atoms with E-state index in [0.29, 0.717) is 16.4 Å². The first kappa shape index (κ1) is 13.4. The summed E-state index contributed by atoms with van der Waals surface area (Å²) in [4.78, 5) is 11.8. The lowest BCUT2D eigenvalue weighted by molar-refractivity contribution is -0.115. The largest absolute Gasteiger partial charge is 0.397 e. The van der Waals surface area contributed by atoms with E-state index in [1.54, 1.807) is 30.3 Å². The fraction of sp³-hybridized carbons (Fsp3) is 0.0714. The molecule has 1 amide bonds. The fourth-order valence-corrected chi connectivity index (χ4v) is 1.79. The second-order valence-electron chi connectivity index (χ2n) is 4.08. The van der Waals surface area contributed by atoms with Crippen LogP contribution < -0.4 is 11.1 Å². The quantitative estimate of drug-likeness (QED) is 0.847. The van der Waals surface area contributed by atoms with E-state index in [2.05, 4.69) is 5.32 Å². The summed E-state index contributed by atoms with van der Waals surface area (Å²) >= 11 is 5.83. The Kier molecular flexibility index (Phi) is 4.02. The van der Waals surface area contributed by atoms with Crippen LogP contribution >= 0.6 is 11.6 Å². The van der Waals surface area contributed by atoms with Crippen LogP contribution in [0.1, 0.15) is 5.56 Å². The molecule has 0 heterocycles. The lowest BCUT2D eigenvalue weighted by Gasteiger charge is -2.08. The first-order valence-electron chi connectivity index (χ1n) is 5.64. The molecule has 0 bridgehead atoms. The van der Waals surface area contributed by atoms with Crippen LogP contribution in [0.25, 0.3) is 0 Å². The molecule has 0 aliphatic carbocycles. The molecule has 2 rings (SSSR count). The third kappa shape index (κ3) is 3.69. The van der Waals surface area contributed by atoms with Crippen molar-refractivity contribution in [2.24, 2.45) is 0 Å². The van der Waals surface area contributed by atoms with E-state index < -0.39 is 0 Å². The lowest BCUT2D eigenvalue weighted by Crippen LogP contribution is -2.15. The van der Waals surface area contributed by atoms with Gasteiger partial charge in [-0.25, -0.2) is 4.39 Å². The molecule has 0 aliphatic rings. The Morgan fingerprint density at radius 2 is 1.89 bits per heavy atom. The average molecular weight is 279 g/mol. The molecule has 0 aromatic heterocycles. The third-order valence-electron chi connectivity index (χ3n) is 2.57. The predicted molar refractivity (Wildman–Crippen MR) is 74.6 cm³/mol. The second-order valence-corrected chi connectivity index (χ2v) is 4.52. The van der Waals surface area contributed by atoms with E-state index in [4.69, 9.17) is 17.3 Å². The second kappa shape index (κ2) is 5.71. The van der Waals surface area contributed by atoms with Gasteiger partial charge in [0.15, 0.2) is 0 Å². The number of nitrogen functional groups attached to an aromatic ring is 1. The van der Waals surface area contributed by atoms with E-state index in [0.717, 1.165) is 5.56 Å². The van der Waals surface area contributed by atoms with E-state index in [1.807, 2.05) is 0 Å². The first-order valence-corrected chi connectivity index (χ1v) is 6.02. The molecule has 98 valence electrons. The van der Waals surface area contributed by atoms with Gasteiger partial charge in [-0.1, -0.05) is 23.7 Å². The zero-order valence-electron chi connectivity index (χ0n) is 9.99. The number of anilines is 2. The highest BCUT2D eigenvalue weighted by Gasteiger charge is 2.07. The van der Waals surface area contributed by atoms with Gasteiger partial charge in [-0.2, -0.15) is 0 Å². The molecule has 0 fully saturated rings. The van der Waals surface area contributed by atoms with Crippen molar-refractivity contribution in [3.8, 4) is 0 Å². The zero-order chi connectivity index (χ0) is 13.8. The van der Waals surface area contributed by atoms with Crippen LogP contribution in [0.2, 0.25) is 5.02 Å². The van der Waals surface area contributed by atoms with Gasteiger partial charge in [-0.3, -0.25) is 4.79 Å². The zero-order valence-corrected chi connectivity index (χ0v) is 10.7. The summed E-state index contributed by atoms with van der Waals surface area (Å²) < 4.78 is 12.7.